The monoisotopic (exact) mass is 268 g/mol. The van der Waals surface area contributed by atoms with Gasteiger partial charge in [0.2, 0.25) is 0 Å². The van der Waals surface area contributed by atoms with Crippen LogP contribution in [0, 0.1) is 0 Å². The van der Waals surface area contributed by atoms with E-state index in [1.807, 2.05) is 0 Å². The molecular formula is C18H24N2. The van der Waals surface area contributed by atoms with Gasteiger partial charge in [-0.1, -0.05) is 42.8 Å². The van der Waals surface area contributed by atoms with Gasteiger partial charge in [0.15, 0.2) is 0 Å². The minimum Gasteiger partial charge on any atom is -0.384 e. The van der Waals surface area contributed by atoms with E-state index in [1.54, 1.807) is 0 Å². The lowest BCUT2D eigenvalue weighted by Gasteiger charge is -2.32. The lowest BCUT2D eigenvalue weighted by molar-refractivity contribution is 0.179. The zero-order valence-corrected chi connectivity index (χ0v) is 12.3. The summed E-state index contributed by atoms with van der Waals surface area (Å²) in [4.78, 5) is 2.52. The topological polar surface area (TPSA) is 15.3 Å². The van der Waals surface area contributed by atoms with Crippen LogP contribution in [0.1, 0.15) is 25.7 Å². The molecule has 2 nitrogen and oxygen atoms in total. The first-order chi connectivity index (χ1) is 9.84. The summed E-state index contributed by atoms with van der Waals surface area (Å²) in [6, 6.07) is 15.8. The van der Waals surface area contributed by atoms with Crippen LogP contribution in [0.25, 0.3) is 10.8 Å². The predicted octanol–water partition coefficient (Wildman–Crippen LogP) is 4.13. The molecule has 1 unspecified atom stereocenters. The fraction of sp³-hybridized carbons (Fsp3) is 0.444. The van der Waals surface area contributed by atoms with Crippen molar-refractivity contribution in [1.82, 2.24) is 4.90 Å². The Bertz CT molecular complexity index is 559. The third kappa shape index (κ3) is 2.96. The van der Waals surface area contributed by atoms with Crippen LogP contribution in [-0.2, 0) is 0 Å². The van der Waals surface area contributed by atoms with Crippen LogP contribution in [0.5, 0.6) is 0 Å². The molecule has 1 N–H and O–H groups in total. The first kappa shape index (κ1) is 13.4. The maximum Gasteiger partial charge on any atom is 0.0419 e. The van der Waals surface area contributed by atoms with Gasteiger partial charge in [0.1, 0.15) is 0 Å². The summed E-state index contributed by atoms with van der Waals surface area (Å²) >= 11 is 0. The van der Waals surface area contributed by atoms with E-state index < -0.39 is 0 Å². The van der Waals surface area contributed by atoms with Crippen LogP contribution in [0.15, 0.2) is 42.5 Å². The molecule has 3 rings (SSSR count). The molecule has 2 heteroatoms. The Labute approximate surface area is 121 Å². The molecule has 0 amide bonds. The first-order valence-corrected chi connectivity index (χ1v) is 7.76. The zero-order valence-electron chi connectivity index (χ0n) is 12.3. The zero-order chi connectivity index (χ0) is 13.8. The van der Waals surface area contributed by atoms with E-state index in [2.05, 4.69) is 59.7 Å². The molecule has 1 aliphatic heterocycles. The van der Waals surface area contributed by atoms with E-state index in [9.17, 15) is 0 Å². The lowest BCUT2D eigenvalue weighted by Crippen LogP contribution is -2.37. The van der Waals surface area contributed by atoms with Gasteiger partial charge in [-0.15, -0.1) is 0 Å². The van der Waals surface area contributed by atoms with Gasteiger partial charge in [-0.25, -0.2) is 0 Å². The molecule has 0 spiro atoms. The van der Waals surface area contributed by atoms with Gasteiger partial charge in [-0.3, -0.25) is 0 Å². The number of anilines is 1. The number of nitrogens with one attached hydrogen (secondary N) is 1. The number of hydrogen-bond donors (Lipinski definition) is 1. The molecule has 2 aromatic carbocycles. The smallest absolute Gasteiger partial charge is 0.0419 e. The van der Waals surface area contributed by atoms with Crippen molar-refractivity contribution in [2.45, 2.75) is 31.7 Å². The van der Waals surface area contributed by atoms with E-state index in [0.717, 1.165) is 12.6 Å². The van der Waals surface area contributed by atoms with Crippen LogP contribution in [0.3, 0.4) is 0 Å². The predicted molar refractivity (Wildman–Crippen MR) is 87.3 cm³/mol. The van der Waals surface area contributed by atoms with Crippen LogP contribution in [0.4, 0.5) is 5.69 Å². The molecule has 2 aromatic rings. The fourth-order valence-corrected chi connectivity index (χ4v) is 3.26. The molecule has 0 radical (unpaired) electrons. The number of benzene rings is 2. The highest BCUT2D eigenvalue weighted by Crippen LogP contribution is 2.23. The summed E-state index contributed by atoms with van der Waals surface area (Å²) in [6.07, 6.45) is 5.35. The number of piperidine rings is 1. The molecule has 0 saturated carbocycles. The molecule has 0 aromatic heterocycles. The minimum absolute atomic E-state index is 0.756. The highest BCUT2D eigenvalue weighted by Gasteiger charge is 2.17. The van der Waals surface area contributed by atoms with Crippen molar-refractivity contribution < 1.29 is 0 Å². The quantitative estimate of drug-likeness (QED) is 0.897. The van der Waals surface area contributed by atoms with Crippen molar-refractivity contribution in [1.29, 1.82) is 0 Å². The maximum atomic E-state index is 3.63. The lowest BCUT2D eigenvalue weighted by atomic mass is 10.00. The molecule has 1 heterocycles. The Morgan fingerprint density at radius 3 is 2.85 bits per heavy atom. The summed E-state index contributed by atoms with van der Waals surface area (Å²) in [7, 11) is 2.27. The number of likely N-dealkylation sites (tertiary alicyclic amines) is 1. The number of nitrogens with zero attached hydrogens (tertiary/aromatic N) is 1. The molecule has 20 heavy (non-hydrogen) atoms. The Kier molecular flexibility index (Phi) is 4.22. The second kappa shape index (κ2) is 6.27. The SMILES string of the molecule is CN1CCCCC1CCNc1cccc2ccccc12. The highest BCUT2D eigenvalue weighted by molar-refractivity contribution is 5.93. The van der Waals surface area contributed by atoms with Gasteiger partial charge < -0.3 is 10.2 Å². The summed E-state index contributed by atoms with van der Waals surface area (Å²) in [5.41, 5.74) is 1.27. The molecule has 0 aliphatic carbocycles. The summed E-state index contributed by atoms with van der Waals surface area (Å²) in [6.45, 7) is 2.32. The second-order valence-electron chi connectivity index (χ2n) is 5.87. The normalized spacial score (nSPS) is 20.1. The van der Waals surface area contributed by atoms with Crippen molar-refractivity contribution in [3.63, 3.8) is 0 Å². The molecular weight excluding hydrogens is 244 g/mol. The van der Waals surface area contributed by atoms with Crippen LogP contribution < -0.4 is 5.32 Å². The first-order valence-electron chi connectivity index (χ1n) is 7.76. The largest absolute Gasteiger partial charge is 0.384 e. The third-order valence-corrected chi connectivity index (χ3v) is 4.50. The van der Waals surface area contributed by atoms with Gasteiger partial charge in [0.05, 0.1) is 0 Å². The third-order valence-electron chi connectivity index (χ3n) is 4.50. The highest BCUT2D eigenvalue weighted by atomic mass is 15.1. The van der Waals surface area contributed by atoms with Crippen molar-refractivity contribution in [2.75, 3.05) is 25.5 Å². The van der Waals surface area contributed by atoms with Crippen molar-refractivity contribution in [3.8, 4) is 0 Å². The Morgan fingerprint density at radius 1 is 1.10 bits per heavy atom. The van der Waals surface area contributed by atoms with E-state index in [1.165, 1.54) is 48.7 Å². The van der Waals surface area contributed by atoms with E-state index >= 15 is 0 Å². The molecule has 106 valence electrons. The van der Waals surface area contributed by atoms with E-state index in [4.69, 9.17) is 0 Å². The molecule has 1 fully saturated rings. The van der Waals surface area contributed by atoms with Gasteiger partial charge >= 0.3 is 0 Å². The van der Waals surface area contributed by atoms with Crippen LogP contribution in [-0.4, -0.2) is 31.1 Å². The summed E-state index contributed by atoms with van der Waals surface area (Å²) < 4.78 is 0. The maximum absolute atomic E-state index is 3.63. The van der Waals surface area contributed by atoms with Gasteiger partial charge in [0, 0.05) is 23.7 Å². The Hall–Kier alpha value is -1.54. The molecule has 0 bridgehead atoms. The standard InChI is InChI=1S/C18H24N2/c1-20-14-5-4-9-16(20)12-13-19-18-11-6-8-15-7-2-3-10-17(15)18/h2-3,6-8,10-11,16,19H,4-5,9,12-14H2,1H3. The van der Waals surface area contributed by atoms with Gasteiger partial charge in [-0.05, 0) is 44.3 Å². The average Bonchev–Trinajstić information content (AvgIpc) is 2.49. The molecule has 1 saturated heterocycles. The number of rotatable bonds is 4. The second-order valence-corrected chi connectivity index (χ2v) is 5.87. The number of hydrogen-bond acceptors (Lipinski definition) is 2. The van der Waals surface area contributed by atoms with Gasteiger partial charge in [0.25, 0.3) is 0 Å². The van der Waals surface area contributed by atoms with Crippen molar-refractivity contribution >= 4 is 16.5 Å². The van der Waals surface area contributed by atoms with E-state index in [0.29, 0.717) is 0 Å². The fourth-order valence-electron chi connectivity index (χ4n) is 3.26. The van der Waals surface area contributed by atoms with Crippen LogP contribution in [0.2, 0.25) is 0 Å². The van der Waals surface area contributed by atoms with Gasteiger partial charge in [-0.2, -0.15) is 0 Å². The minimum atomic E-state index is 0.756. The Morgan fingerprint density at radius 2 is 1.95 bits per heavy atom. The number of fused-ring (bicyclic) bond motifs is 1. The van der Waals surface area contributed by atoms with Crippen molar-refractivity contribution in [2.24, 2.45) is 0 Å². The molecule has 1 atom stereocenters. The summed E-state index contributed by atoms with van der Waals surface area (Å²) in [5.74, 6) is 0. The summed E-state index contributed by atoms with van der Waals surface area (Å²) in [5, 5.41) is 6.27. The van der Waals surface area contributed by atoms with Crippen LogP contribution >= 0.6 is 0 Å². The molecule has 1 aliphatic rings. The van der Waals surface area contributed by atoms with Crippen molar-refractivity contribution in [3.05, 3.63) is 42.5 Å². The average molecular weight is 268 g/mol. The Balaban J connectivity index is 1.62. The van der Waals surface area contributed by atoms with E-state index in [-0.39, 0.29) is 0 Å².